The van der Waals surface area contributed by atoms with E-state index in [0.717, 1.165) is 18.4 Å². The lowest BCUT2D eigenvalue weighted by Crippen LogP contribution is -2.41. The van der Waals surface area contributed by atoms with E-state index in [1.807, 2.05) is 30.3 Å². The Morgan fingerprint density at radius 3 is 2.34 bits per heavy atom. The van der Waals surface area contributed by atoms with E-state index in [-0.39, 0.29) is 29.6 Å². The molecule has 1 aliphatic heterocycles. The van der Waals surface area contributed by atoms with E-state index in [9.17, 15) is 13.2 Å². The molecule has 1 saturated heterocycles. The van der Waals surface area contributed by atoms with Crippen LogP contribution in [0.1, 0.15) is 18.4 Å². The van der Waals surface area contributed by atoms with Gasteiger partial charge in [-0.05, 0) is 30.5 Å². The van der Waals surface area contributed by atoms with Crippen LogP contribution in [-0.4, -0.2) is 57.4 Å². The maximum Gasteiger partial charge on any atom is 0.247 e. The van der Waals surface area contributed by atoms with Gasteiger partial charge in [0, 0.05) is 25.7 Å². The molecule has 2 aromatic carbocycles. The number of amides is 1. The number of methoxy groups -OCH3 is 2. The summed E-state index contributed by atoms with van der Waals surface area (Å²) in [6.07, 6.45) is 1.90. The zero-order chi connectivity index (χ0) is 20.9. The molecule has 0 saturated carbocycles. The highest BCUT2D eigenvalue weighted by Crippen LogP contribution is 2.31. The lowest BCUT2D eigenvalue weighted by atomic mass is 10.2. The number of benzene rings is 2. The van der Waals surface area contributed by atoms with Gasteiger partial charge in [-0.3, -0.25) is 4.79 Å². The molecule has 0 spiro atoms. The molecule has 0 radical (unpaired) electrons. The molecule has 156 valence electrons. The Balaban J connectivity index is 1.96. The van der Waals surface area contributed by atoms with E-state index >= 15 is 0 Å². The fraction of sp³-hybridized carbons (Fsp3) is 0.381. The third-order valence-corrected chi connectivity index (χ3v) is 6.79. The van der Waals surface area contributed by atoms with Crippen LogP contribution >= 0.6 is 0 Å². The topological polar surface area (TPSA) is 76.2 Å². The lowest BCUT2D eigenvalue weighted by Gasteiger charge is -2.25. The molecule has 1 fully saturated rings. The number of hydrogen-bond donors (Lipinski definition) is 0. The zero-order valence-corrected chi connectivity index (χ0v) is 17.5. The number of likely N-dealkylation sites (tertiary alicyclic amines) is 1. The van der Waals surface area contributed by atoms with E-state index in [4.69, 9.17) is 9.47 Å². The fourth-order valence-electron chi connectivity index (χ4n) is 3.36. The molecule has 0 unspecified atom stereocenters. The second-order valence-corrected chi connectivity index (χ2v) is 8.77. The smallest absolute Gasteiger partial charge is 0.247 e. The molecule has 0 N–H and O–H groups in total. The van der Waals surface area contributed by atoms with Gasteiger partial charge >= 0.3 is 0 Å². The summed E-state index contributed by atoms with van der Waals surface area (Å²) in [5.41, 5.74) is 0.803. The second-order valence-electron chi connectivity index (χ2n) is 6.86. The van der Waals surface area contributed by atoms with Gasteiger partial charge < -0.3 is 14.4 Å². The van der Waals surface area contributed by atoms with Crippen molar-refractivity contribution in [2.45, 2.75) is 24.3 Å². The third-order valence-electron chi connectivity index (χ3n) is 4.96. The first kappa shape index (κ1) is 21.1. The number of rotatable bonds is 8. The van der Waals surface area contributed by atoms with Gasteiger partial charge in [-0.2, -0.15) is 4.31 Å². The van der Waals surface area contributed by atoms with Crippen molar-refractivity contribution in [3.63, 3.8) is 0 Å². The number of hydrogen-bond acceptors (Lipinski definition) is 5. The maximum absolute atomic E-state index is 13.5. The summed E-state index contributed by atoms with van der Waals surface area (Å²) >= 11 is 0. The van der Waals surface area contributed by atoms with E-state index in [1.54, 1.807) is 11.0 Å². The van der Waals surface area contributed by atoms with Crippen LogP contribution in [0.25, 0.3) is 0 Å². The first-order chi connectivity index (χ1) is 14.0. The molecule has 0 aliphatic carbocycles. The SMILES string of the molecule is COc1ccc(S(=O)(=O)N(CC(=O)N2CCCC2)Cc2ccccc2)c(OC)c1. The Bertz CT molecular complexity index is 941. The summed E-state index contributed by atoms with van der Waals surface area (Å²) in [6, 6.07) is 13.8. The van der Waals surface area contributed by atoms with Crippen LogP contribution in [0.3, 0.4) is 0 Å². The molecule has 1 heterocycles. The minimum Gasteiger partial charge on any atom is -0.497 e. The molecule has 3 rings (SSSR count). The van der Waals surface area contributed by atoms with Gasteiger partial charge in [0.25, 0.3) is 0 Å². The first-order valence-corrected chi connectivity index (χ1v) is 10.9. The van der Waals surface area contributed by atoms with Gasteiger partial charge in [0.2, 0.25) is 15.9 Å². The maximum atomic E-state index is 13.5. The van der Waals surface area contributed by atoms with E-state index in [2.05, 4.69) is 0 Å². The minimum absolute atomic E-state index is 0.00551. The van der Waals surface area contributed by atoms with Crippen LogP contribution < -0.4 is 9.47 Å². The highest BCUT2D eigenvalue weighted by atomic mass is 32.2. The van der Waals surface area contributed by atoms with Crippen molar-refractivity contribution in [1.29, 1.82) is 0 Å². The number of carbonyl (C=O) groups excluding carboxylic acids is 1. The molecular weight excluding hydrogens is 392 g/mol. The van der Waals surface area contributed by atoms with E-state index in [1.165, 1.54) is 30.7 Å². The Kier molecular flexibility index (Phi) is 6.76. The number of ether oxygens (including phenoxy) is 2. The predicted molar refractivity (Wildman–Crippen MR) is 109 cm³/mol. The van der Waals surface area contributed by atoms with Gasteiger partial charge in [-0.25, -0.2) is 8.42 Å². The minimum atomic E-state index is -3.99. The molecule has 0 bridgehead atoms. The highest BCUT2D eigenvalue weighted by Gasteiger charge is 2.31. The van der Waals surface area contributed by atoms with Gasteiger partial charge in [-0.1, -0.05) is 30.3 Å². The standard InChI is InChI=1S/C21H26N2O5S/c1-27-18-10-11-20(19(14-18)28-2)29(25,26)23(15-17-8-4-3-5-9-17)16-21(24)22-12-6-7-13-22/h3-5,8-11,14H,6-7,12-13,15-16H2,1-2H3. The average molecular weight is 419 g/mol. The largest absolute Gasteiger partial charge is 0.497 e. The number of carbonyl (C=O) groups is 1. The van der Waals surface area contributed by atoms with Gasteiger partial charge in [0.05, 0.1) is 20.8 Å². The van der Waals surface area contributed by atoms with Crippen molar-refractivity contribution in [1.82, 2.24) is 9.21 Å². The van der Waals surface area contributed by atoms with Crippen molar-refractivity contribution in [3.05, 3.63) is 54.1 Å². The monoisotopic (exact) mass is 418 g/mol. The van der Waals surface area contributed by atoms with Gasteiger partial charge in [-0.15, -0.1) is 0 Å². The Morgan fingerprint density at radius 2 is 1.72 bits per heavy atom. The molecule has 29 heavy (non-hydrogen) atoms. The van der Waals surface area contributed by atoms with Crippen molar-refractivity contribution < 1.29 is 22.7 Å². The predicted octanol–water partition coefficient (Wildman–Crippen LogP) is 2.52. The van der Waals surface area contributed by atoms with Crippen LogP contribution in [0.15, 0.2) is 53.4 Å². The Labute approximate surface area is 171 Å². The number of sulfonamides is 1. The van der Waals surface area contributed by atoms with Crippen LogP contribution in [0, 0.1) is 0 Å². The quantitative estimate of drug-likeness (QED) is 0.658. The summed E-state index contributed by atoms with van der Waals surface area (Å²) in [7, 11) is -1.08. The molecule has 0 aromatic heterocycles. The molecule has 1 amide bonds. The van der Waals surface area contributed by atoms with Crippen LogP contribution in [-0.2, 0) is 21.4 Å². The highest BCUT2D eigenvalue weighted by molar-refractivity contribution is 7.89. The number of nitrogens with zero attached hydrogens (tertiary/aromatic N) is 2. The van der Waals surface area contributed by atoms with E-state index < -0.39 is 10.0 Å². The second kappa shape index (κ2) is 9.28. The molecule has 0 atom stereocenters. The Hall–Kier alpha value is -2.58. The van der Waals surface area contributed by atoms with Crippen molar-refractivity contribution >= 4 is 15.9 Å². The fourth-order valence-corrected chi connectivity index (χ4v) is 4.87. The van der Waals surface area contributed by atoms with Crippen molar-refractivity contribution in [2.75, 3.05) is 33.9 Å². The molecular formula is C21H26N2O5S. The van der Waals surface area contributed by atoms with Crippen LogP contribution in [0.2, 0.25) is 0 Å². The first-order valence-electron chi connectivity index (χ1n) is 9.49. The molecule has 8 heteroatoms. The summed E-state index contributed by atoms with van der Waals surface area (Å²) in [4.78, 5) is 14.5. The lowest BCUT2D eigenvalue weighted by molar-refractivity contribution is -0.130. The third kappa shape index (κ3) is 4.89. The van der Waals surface area contributed by atoms with Crippen LogP contribution in [0.4, 0.5) is 0 Å². The Morgan fingerprint density at radius 1 is 1.03 bits per heavy atom. The average Bonchev–Trinajstić information content (AvgIpc) is 3.28. The molecule has 1 aliphatic rings. The normalized spacial score (nSPS) is 14.2. The van der Waals surface area contributed by atoms with Crippen molar-refractivity contribution in [3.8, 4) is 11.5 Å². The summed E-state index contributed by atoms with van der Waals surface area (Å²) < 4.78 is 38.7. The molecule has 7 nitrogen and oxygen atoms in total. The van der Waals surface area contributed by atoms with E-state index in [0.29, 0.717) is 18.8 Å². The summed E-state index contributed by atoms with van der Waals surface area (Å²) in [6.45, 7) is 1.22. The summed E-state index contributed by atoms with van der Waals surface area (Å²) in [5.74, 6) is 0.481. The zero-order valence-electron chi connectivity index (χ0n) is 16.7. The molecule has 2 aromatic rings. The summed E-state index contributed by atoms with van der Waals surface area (Å²) in [5, 5.41) is 0. The van der Waals surface area contributed by atoms with Gasteiger partial charge in [0.1, 0.15) is 16.4 Å². The van der Waals surface area contributed by atoms with Gasteiger partial charge in [0.15, 0.2) is 0 Å². The van der Waals surface area contributed by atoms with Crippen LogP contribution in [0.5, 0.6) is 11.5 Å². The van der Waals surface area contributed by atoms with Crippen molar-refractivity contribution in [2.24, 2.45) is 0 Å².